The molecular formula is C16H30N2O3. The summed E-state index contributed by atoms with van der Waals surface area (Å²) in [6.07, 6.45) is 4.71. The van der Waals surface area contributed by atoms with Crippen LogP contribution in [0.1, 0.15) is 39.0 Å². The third-order valence-electron chi connectivity index (χ3n) is 5.57. The summed E-state index contributed by atoms with van der Waals surface area (Å²) in [4.78, 5) is 4.90. The number of likely N-dealkylation sites (N-methyl/N-ethyl adjacent to an activating group) is 2. The van der Waals surface area contributed by atoms with Crippen molar-refractivity contribution < 1.29 is 14.6 Å². The maximum absolute atomic E-state index is 10.4. The first-order chi connectivity index (χ1) is 10.1. The normalized spacial score (nSPS) is 36.9. The smallest absolute Gasteiger partial charge is 0.170 e. The molecule has 3 unspecified atom stereocenters. The van der Waals surface area contributed by atoms with Crippen molar-refractivity contribution in [3.63, 3.8) is 0 Å². The Morgan fingerprint density at radius 3 is 2.76 bits per heavy atom. The van der Waals surface area contributed by atoms with E-state index in [-0.39, 0.29) is 12.1 Å². The van der Waals surface area contributed by atoms with Gasteiger partial charge in [-0.3, -0.25) is 9.80 Å². The Labute approximate surface area is 128 Å². The van der Waals surface area contributed by atoms with E-state index >= 15 is 0 Å². The number of nitrogens with zero attached hydrogens (tertiary/aromatic N) is 2. The summed E-state index contributed by atoms with van der Waals surface area (Å²) >= 11 is 0. The van der Waals surface area contributed by atoms with E-state index in [0.29, 0.717) is 19.3 Å². The standard InChI is InChI=1S/C16H30N2O3/c1-3-18-8-4-5-13(18)12-17(2)14-11-16(7-6-15(14)19)20-9-10-21-16/h13-15,19H,3-12H2,1-2H3. The maximum atomic E-state index is 10.4. The van der Waals surface area contributed by atoms with Gasteiger partial charge in [-0.1, -0.05) is 6.92 Å². The van der Waals surface area contributed by atoms with Gasteiger partial charge in [0.2, 0.25) is 0 Å². The van der Waals surface area contributed by atoms with Gasteiger partial charge in [0.1, 0.15) is 0 Å². The monoisotopic (exact) mass is 298 g/mol. The summed E-state index contributed by atoms with van der Waals surface area (Å²) in [5, 5.41) is 10.4. The highest BCUT2D eigenvalue weighted by molar-refractivity contribution is 4.94. The van der Waals surface area contributed by atoms with Gasteiger partial charge in [0.05, 0.1) is 19.3 Å². The van der Waals surface area contributed by atoms with Crippen LogP contribution < -0.4 is 0 Å². The largest absolute Gasteiger partial charge is 0.391 e. The Balaban J connectivity index is 1.60. The van der Waals surface area contributed by atoms with E-state index in [1.165, 1.54) is 19.4 Å². The van der Waals surface area contributed by atoms with E-state index in [4.69, 9.17) is 9.47 Å². The first-order valence-electron chi connectivity index (χ1n) is 8.54. The highest BCUT2D eigenvalue weighted by Crippen LogP contribution is 2.37. The highest BCUT2D eigenvalue weighted by Gasteiger charge is 2.46. The Morgan fingerprint density at radius 2 is 2.05 bits per heavy atom. The Kier molecular flexibility index (Phi) is 4.86. The molecule has 2 saturated heterocycles. The number of ether oxygens (including phenoxy) is 2. The van der Waals surface area contributed by atoms with Crippen LogP contribution in [0.4, 0.5) is 0 Å². The summed E-state index contributed by atoms with van der Waals surface area (Å²) in [5.74, 6) is -0.418. The summed E-state index contributed by atoms with van der Waals surface area (Å²) in [6, 6.07) is 0.784. The van der Waals surface area contributed by atoms with Gasteiger partial charge in [-0.25, -0.2) is 0 Å². The molecule has 122 valence electrons. The minimum atomic E-state index is -0.418. The van der Waals surface area contributed by atoms with Crippen molar-refractivity contribution >= 4 is 0 Å². The zero-order valence-electron chi connectivity index (χ0n) is 13.5. The fourth-order valence-corrected chi connectivity index (χ4v) is 4.31. The van der Waals surface area contributed by atoms with Crippen LogP contribution in [-0.2, 0) is 9.47 Å². The molecule has 3 fully saturated rings. The van der Waals surface area contributed by atoms with E-state index in [9.17, 15) is 5.11 Å². The molecule has 21 heavy (non-hydrogen) atoms. The lowest BCUT2D eigenvalue weighted by Gasteiger charge is -2.44. The van der Waals surface area contributed by atoms with Crippen molar-refractivity contribution in [1.29, 1.82) is 0 Å². The first kappa shape index (κ1) is 15.7. The van der Waals surface area contributed by atoms with Gasteiger partial charge in [0.15, 0.2) is 5.79 Å². The van der Waals surface area contributed by atoms with Crippen LogP contribution in [0.15, 0.2) is 0 Å². The number of likely N-dealkylation sites (tertiary alicyclic amines) is 1. The van der Waals surface area contributed by atoms with Crippen LogP contribution in [0.3, 0.4) is 0 Å². The van der Waals surface area contributed by atoms with Gasteiger partial charge < -0.3 is 14.6 Å². The molecule has 0 bridgehead atoms. The lowest BCUT2D eigenvalue weighted by Crippen LogP contribution is -2.54. The zero-order chi connectivity index (χ0) is 14.9. The number of rotatable bonds is 4. The second-order valence-electron chi connectivity index (χ2n) is 6.85. The predicted molar refractivity (Wildman–Crippen MR) is 81.2 cm³/mol. The number of aliphatic hydroxyl groups excluding tert-OH is 1. The summed E-state index contributed by atoms with van der Waals surface area (Å²) in [7, 11) is 2.15. The van der Waals surface area contributed by atoms with E-state index in [1.54, 1.807) is 0 Å². The molecule has 1 spiro atoms. The molecule has 1 N–H and O–H groups in total. The molecule has 0 aromatic heterocycles. The molecule has 0 radical (unpaired) electrons. The average molecular weight is 298 g/mol. The number of hydrogen-bond donors (Lipinski definition) is 1. The van der Waals surface area contributed by atoms with Gasteiger partial charge in [-0.2, -0.15) is 0 Å². The van der Waals surface area contributed by atoms with Crippen molar-refractivity contribution in [1.82, 2.24) is 9.80 Å². The van der Waals surface area contributed by atoms with E-state index in [1.807, 2.05) is 0 Å². The van der Waals surface area contributed by atoms with E-state index in [0.717, 1.165) is 32.4 Å². The molecule has 2 aliphatic heterocycles. The van der Waals surface area contributed by atoms with Crippen LogP contribution in [0, 0.1) is 0 Å². The minimum absolute atomic E-state index is 0.149. The van der Waals surface area contributed by atoms with Crippen LogP contribution >= 0.6 is 0 Å². The van der Waals surface area contributed by atoms with Gasteiger partial charge in [0, 0.05) is 31.5 Å². The zero-order valence-corrected chi connectivity index (χ0v) is 13.5. The summed E-state index contributed by atoms with van der Waals surface area (Å²) < 4.78 is 11.7. The quantitative estimate of drug-likeness (QED) is 0.841. The van der Waals surface area contributed by atoms with E-state index in [2.05, 4.69) is 23.8 Å². The average Bonchev–Trinajstić information content (AvgIpc) is 3.11. The van der Waals surface area contributed by atoms with Gasteiger partial charge in [-0.05, 0) is 39.4 Å². The minimum Gasteiger partial charge on any atom is -0.391 e. The van der Waals surface area contributed by atoms with Gasteiger partial charge in [-0.15, -0.1) is 0 Å². The molecule has 3 atom stereocenters. The molecule has 3 aliphatic rings. The molecule has 3 rings (SSSR count). The van der Waals surface area contributed by atoms with E-state index < -0.39 is 5.79 Å². The second kappa shape index (κ2) is 6.50. The molecular weight excluding hydrogens is 268 g/mol. The van der Waals surface area contributed by atoms with Crippen molar-refractivity contribution in [3.8, 4) is 0 Å². The molecule has 1 aliphatic carbocycles. The molecule has 0 aromatic carbocycles. The fraction of sp³-hybridized carbons (Fsp3) is 1.00. The number of aliphatic hydroxyl groups is 1. The summed E-state index contributed by atoms with van der Waals surface area (Å²) in [5.41, 5.74) is 0. The maximum Gasteiger partial charge on any atom is 0.170 e. The fourth-order valence-electron chi connectivity index (χ4n) is 4.31. The number of hydrogen-bond acceptors (Lipinski definition) is 5. The highest BCUT2D eigenvalue weighted by atomic mass is 16.7. The predicted octanol–water partition coefficient (Wildman–Crippen LogP) is 1.06. The van der Waals surface area contributed by atoms with Crippen molar-refractivity contribution in [2.45, 2.75) is 63.0 Å². The SMILES string of the molecule is CCN1CCCC1CN(C)C1CC2(CCC1O)OCCO2. The molecule has 0 aromatic rings. The van der Waals surface area contributed by atoms with Gasteiger partial charge in [0.25, 0.3) is 0 Å². The van der Waals surface area contributed by atoms with Crippen LogP contribution in [-0.4, -0.2) is 78.8 Å². The van der Waals surface area contributed by atoms with Crippen LogP contribution in [0.2, 0.25) is 0 Å². The van der Waals surface area contributed by atoms with Crippen LogP contribution in [0.5, 0.6) is 0 Å². The van der Waals surface area contributed by atoms with Crippen molar-refractivity contribution in [2.75, 3.05) is 39.9 Å². The lowest BCUT2D eigenvalue weighted by atomic mass is 9.86. The van der Waals surface area contributed by atoms with Gasteiger partial charge >= 0.3 is 0 Å². The molecule has 5 heteroatoms. The molecule has 1 saturated carbocycles. The van der Waals surface area contributed by atoms with Crippen LogP contribution in [0.25, 0.3) is 0 Å². The third-order valence-corrected chi connectivity index (χ3v) is 5.57. The Morgan fingerprint density at radius 1 is 1.29 bits per heavy atom. The topological polar surface area (TPSA) is 45.2 Å². The lowest BCUT2D eigenvalue weighted by molar-refractivity contribution is -0.204. The van der Waals surface area contributed by atoms with Crippen molar-refractivity contribution in [3.05, 3.63) is 0 Å². The molecule has 2 heterocycles. The summed E-state index contributed by atoms with van der Waals surface area (Å²) in [6.45, 7) is 7.01. The Hall–Kier alpha value is -0.200. The van der Waals surface area contributed by atoms with Crippen molar-refractivity contribution in [2.24, 2.45) is 0 Å². The Bertz CT molecular complexity index is 346. The third kappa shape index (κ3) is 3.27. The molecule has 0 amide bonds. The second-order valence-corrected chi connectivity index (χ2v) is 6.85. The first-order valence-corrected chi connectivity index (χ1v) is 8.54. The molecule has 5 nitrogen and oxygen atoms in total.